The number of rotatable bonds is 6. The van der Waals surface area contributed by atoms with E-state index in [0.29, 0.717) is 5.56 Å². The van der Waals surface area contributed by atoms with E-state index >= 15 is 0 Å². The lowest BCUT2D eigenvalue weighted by Crippen LogP contribution is -2.19. The lowest BCUT2D eigenvalue weighted by molar-refractivity contribution is -0.143. The molecule has 10 heteroatoms. The molecule has 3 heterocycles. The average molecular weight is 346 g/mol. The van der Waals surface area contributed by atoms with Crippen LogP contribution in [0.15, 0.2) is 24.0 Å². The summed E-state index contributed by atoms with van der Waals surface area (Å²) in [7, 11) is 0. The van der Waals surface area contributed by atoms with Crippen LogP contribution in [-0.2, 0) is 16.1 Å². The lowest BCUT2D eigenvalue weighted by atomic mass is 10.1. The molecule has 0 saturated carbocycles. The number of nitrogens with zero attached hydrogens (tertiary/aromatic N) is 6. The summed E-state index contributed by atoms with van der Waals surface area (Å²) < 4.78 is 8.13. The smallest absolute Gasteiger partial charge is 0.328 e. The largest absolute Gasteiger partial charge is 0.456 e. The van der Waals surface area contributed by atoms with Gasteiger partial charge >= 0.3 is 5.97 Å². The molecule has 0 aromatic carbocycles. The highest BCUT2D eigenvalue weighted by molar-refractivity contribution is 7.12. The maximum absolute atomic E-state index is 12.4. The van der Waals surface area contributed by atoms with Crippen LogP contribution in [0, 0.1) is 13.8 Å². The van der Waals surface area contributed by atoms with E-state index in [1.807, 2.05) is 23.8 Å². The Labute approximate surface area is 140 Å². The fourth-order valence-electron chi connectivity index (χ4n) is 2.32. The predicted octanol–water partition coefficient (Wildman–Crippen LogP) is 0.963. The number of tetrazole rings is 1. The minimum absolute atomic E-state index is 0.140. The molecule has 124 valence electrons. The molecule has 0 bridgehead atoms. The van der Waals surface area contributed by atoms with E-state index in [1.165, 1.54) is 22.3 Å². The molecular weight excluding hydrogens is 332 g/mol. The SMILES string of the molecule is Cc1cc(C(=O)COC(=O)Cn2cnnn2)c(C)n1-c1nccs1. The molecule has 0 atom stereocenters. The molecule has 0 fully saturated rings. The molecule has 0 amide bonds. The molecule has 0 aliphatic carbocycles. The van der Waals surface area contributed by atoms with Gasteiger partial charge in [0.25, 0.3) is 0 Å². The van der Waals surface area contributed by atoms with Crippen LogP contribution in [-0.4, -0.2) is 48.1 Å². The van der Waals surface area contributed by atoms with E-state index in [-0.39, 0.29) is 18.9 Å². The number of hydrogen-bond acceptors (Lipinski definition) is 8. The monoisotopic (exact) mass is 346 g/mol. The molecule has 0 unspecified atom stereocenters. The quantitative estimate of drug-likeness (QED) is 0.483. The first-order chi connectivity index (χ1) is 11.6. The molecule has 0 N–H and O–H groups in total. The van der Waals surface area contributed by atoms with Crippen LogP contribution in [0.2, 0.25) is 0 Å². The molecule has 3 aromatic heterocycles. The number of Topliss-reactive ketones (excluding diaryl/α,β-unsaturated/α-hetero) is 1. The predicted molar refractivity (Wildman–Crippen MR) is 84.0 cm³/mol. The third kappa shape index (κ3) is 3.23. The number of ketones is 1. The molecule has 0 aliphatic rings. The summed E-state index contributed by atoms with van der Waals surface area (Å²) in [4.78, 5) is 28.3. The molecule has 0 aliphatic heterocycles. The summed E-state index contributed by atoms with van der Waals surface area (Å²) in [5, 5.41) is 13.1. The highest BCUT2D eigenvalue weighted by Crippen LogP contribution is 2.22. The van der Waals surface area contributed by atoms with Gasteiger partial charge in [-0.05, 0) is 30.3 Å². The van der Waals surface area contributed by atoms with Crippen LogP contribution in [0.5, 0.6) is 0 Å². The van der Waals surface area contributed by atoms with Crippen LogP contribution in [0.25, 0.3) is 5.13 Å². The zero-order valence-electron chi connectivity index (χ0n) is 13.0. The number of carbonyl (C=O) groups excluding carboxylic acids is 2. The number of ether oxygens (including phenoxy) is 1. The topological polar surface area (TPSA) is 105 Å². The van der Waals surface area contributed by atoms with Gasteiger partial charge in [0, 0.05) is 28.5 Å². The highest BCUT2D eigenvalue weighted by Gasteiger charge is 2.19. The first-order valence-corrected chi connectivity index (χ1v) is 7.92. The molecule has 0 spiro atoms. The van der Waals surface area contributed by atoms with Crippen molar-refractivity contribution >= 4 is 23.1 Å². The number of aryl methyl sites for hydroxylation is 1. The van der Waals surface area contributed by atoms with Gasteiger partial charge in [0.05, 0.1) is 0 Å². The van der Waals surface area contributed by atoms with Gasteiger partial charge in [-0.1, -0.05) is 0 Å². The summed E-state index contributed by atoms with van der Waals surface area (Å²) in [6.45, 7) is 3.26. The normalized spacial score (nSPS) is 10.8. The van der Waals surface area contributed by atoms with Crippen molar-refractivity contribution in [1.29, 1.82) is 0 Å². The van der Waals surface area contributed by atoms with Crippen LogP contribution < -0.4 is 0 Å². The van der Waals surface area contributed by atoms with Gasteiger partial charge < -0.3 is 4.74 Å². The zero-order chi connectivity index (χ0) is 17.1. The van der Waals surface area contributed by atoms with Gasteiger partial charge in [-0.25, -0.2) is 9.67 Å². The number of hydrogen-bond donors (Lipinski definition) is 0. The Morgan fingerprint density at radius 2 is 2.17 bits per heavy atom. The number of esters is 1. The van der Waals surface area contributed by atoms with Crippen molar-refractivity contribution in [1.82, 2.24) is 29.8 Å². The second-order valence-corrected chi connectivity index (χ2v) is 5.90. The number of carbonyl (C=O) groups is 2. The maximum Gasteiger partial charge on any atom is 0.328 e. The van der Waals surface area contributed by atoms with Gasteiger partial charge in [-0.2, -0.15) is 0 Å². The van der Waals surface area contributed by atoms with Gasteiger partial charge in [0.1, 0.15) is 12.9 Å². The van der Waals surface area contributed by atoms with Gasteiger partial charge in [-0.3, -0.25) is 14.2 Å². The Balaban J connectivity index is 1.67. The van der Waals surface area contributed by atoms with Crippen molar-refractivity contribution in [3.8, 4) is 5.13 Å². The van der Waals surface area contributed by atoms with Crippen LogP contribution in [0.4, 0.5) is 0 Å². The van der Waals surface area contributed by atoms with E-state index in [1.54, 1.807) is 12.3 Å². The van der Waals surface area contributed by atoms with Crippen LogP contribution in [0.3, 0.4) is 0 Å². The molecule has 3 aromatic rings. The average Bonchev–Trinajstić information content (AvgIpc) is 3.27. The fourth-order valence-corrected chi connectivity index (χ4v) is 3.07. The Bertz CT molecular complexity index is 854. The lowest BCUT2D eigenvalue weighted by Gasteiger charge is -2.06. The highest BCUT2D eigenvalue weighted by atomic mass is 32.1. The standard InChI is InChI=1S/C14H14N6O3S/c1-9-5-11(10(2)20(9)14-15-3-4-24-14)12(21)7-23-13(22)6-19-8-16-17-18-19/h3-5,8H,6-7H2,1-2H3. The summed E-state index contributed by atoms with van der Waals surface area (Å²) in [6.07, 6.45) is 3.01. The molecular formula is C14H14N6O3S. The summed E-state index contributed by atoms with van der Waals surface area (Å²) in [6, 6.07) is 1.77. The van der Waals surface area contributed by atoms with E-state index in [0.717, 1.165) is 16.5 Å². The Kier molecular flexibility index (Phi) is 4.47. The van der Waals surface area contributed by atoms with Crippen molar-refractivity contribution < 1.29 is 14.3 Å². The minimum atomic E-state index is -0.579. The van der Waals surface area contributed by atoms with Gasteiger partial charge in [0.15, 0.2) is 11.7 Å². The first-order valence-electron chi connectivity index (χ1n) is 7.04. The Hall–Kier alpha value is -2.88. The van der Waals surface area contributed by atoms with E-state index in [2.05, 4.69) is 20.5 Å². The van der Waals surface area contributed by atoms with Crippen molar-refractivity contribution in [3.63, 3.8) is 0 Å². The molecule has 0 saturated heterocycles. The third-order valence-corrected chi connectivity index (χ3v) is 4.15. The van der Waals surface area contributed by atoms with Crippen LogP contribution >= 0.6 is 11.3 Å². The summed E-state index contributed by atoms with van der Waals surface area (Å²) >= 11 is 1.48. The van der Waals surface area contributed by atoms with E-state index in [4.69, 9.17) is 4.74 Å². The third-order valence-electron chi connectivity index (χ3n) is 3.39. The molecule has 3 rings (SSSR count). The van der Waals surface area contributed by atoms with Crippen molar-refractivity contribution in [2.45, 2.75) is 20.4 Å². The van der Waals surface area contributed by atoms with Crippen molar-refractivity contribution in [2.24, 2.45) is 0 Å². The fraction of sp³-hybridized carbons (Fsp3) is 0.286. The zero-order valence-corrected chi connectivity index (χ0v) is 13.9. The van der Waals surface area contributed by atoms with Crippen LogP contribution in [0.1, 0.15) is 21.7 Å². The summed E-state index contributed by atoms with van der Waals surface area (Å²) in [5.41, 5.74) is 2.17. The number of aromatic nitrogens is 6. The Morgan fingerprint density at radius 1 is 1.33 bits per heavy atom. The molecule has 0 radical (unpaired) electrons. The van der Waals surface area contributed by atoms with Crippen molar-refractivity contribution in [2.75, 3.05) is 6.61 Å². The van der Waals surface area contributed by atoms with E-state index in [9.17, 15) is 9.59 Å². The molecule has 9 nitrogen and oxygen atoms in total. The van der Waals surface area contributed by atoms with Crippen molar-refractivity contribution in [3.05, 3.63) is 40.9 Å². The number of thiazole rings is 1. The van der Waals surface area contributed by atoms with Gasteiger partial charge in [0.2, 0.25) is 5.78 Å². The Morgan fingerprint density at radius 3 is 2.83 bits per heavy atom. The summed E-state index contributed by atoms with van der Waals surface area (Å²) in [5.74, 6) is -0.847. The van der Waals surface area contributed by atoms with E-state index < -0.39 is 5.97 Å². The maximum atomic E-state index is 12.4. The minimum Gasteiger partial charge on any atom is -0.456 e. The second kappa shape index (κ2) is 6.71. The molecule has 24 heavy (non-hydrogen) atoms. The first kappa shape index (κ1) is 16.0. The second-order valence-electron chi connectivity index (χ2n) is 5.03. The van der Waals surface area contributed by atoms with Gasteiger partial charge in [-0.15, -0.1) is 16.4 Å².